The Labute approximate surface area is 153 Å². The lowest BCUT2D eigenvalue weighted by Crippen LogP contribution is -2.31. The molecule has 7 nitrogen and oxygen atoms in total. The molecule has 0 unspecified atom stereocenters. The Bertz CT molecular complexity index is 777. The average molecular weight is 356 g/mol. The number of amides is 1. The van der Waals surface area contributed by atoms with Crippen LogP contribution in [0.5, 0.6) is 11.5 Å². The van der Waals surface area contributed by atoms with Crippen LogP contribution in [-0.2, 0) is 17.8 Å². The number of carbonyl (C=O) groups is 1. The highest BCUT2D eigenvalue weighted by Crippen LogP contribution is 2.34. The van der Waals surface area contributed by atoms with E-state index in [-0.39, 0.29) is 5.91 Å². The summed E-state index contributed by atoms with van der Waals surface area (Å²) in [5.41, 5.74) is 2.45. The molecular weight excluding hydrogens is 332 g/mol. The van der Waals surface area contributed by atoms with Crippen molar-refractivity contribution in [1.29, 1.82) is 0 Å². The molecule has 1 aromatic carbocycles. The second kappa shape index (κ2) is 8.03. The quantitative estimate of drug-likeness (QED) is 0.858. The number of hydrogen-bond acceptors (Lipinski definition) is 6. The summed E-state index contributed by atoms with van der Waals surface area (Å²) in [7, 11) is 3.29. The smallest absolute Gasteiger partial charge is 0.225 e. The maximum Gasteiger partial charge on any atom is 0.225 e. The number of methoxy groups -OCH3 is 2. The van der Waals surface area contributed by atoms with Crippen molar-refractivity contribution in [2.24, 2.45) is 0 Å². The molecule has 0 aliphatic carbocycles. The lowest BCUT2D eigenvalue weighted by Gasteiger charge is -2.30. The van der Waals surface area contributed by atoms with Crippen LogP contribution in [0.3, 0.4) is 0 Å². The van der Waals surface area contributed by atoms with Gasteiger partial charge in [0.05, 0.1) is 14.2 Å². The summed E-state index contributed by atoms with van der Waals surface area (Å²) < 4.78 is 10.8. The van der Waals surface area contributed by atoms with Crippen LogP contribution in [0.2, 0.25) is 0 Å². The van der Waals surface area contributed by atoms with Gasteiger partial charge in [0.25, 0.3) is 0 Å². The van der Waals surface area contributed by atoms with E-state index in [0.717, 1.165) is 43.2 Å². The first-order valence-corrected chi connectivity index (χ1v) is 8.77. The van der Waals surface area contributed by atoms with Gasteiger partial charge in [0, 0.05) is 19.5 Å². The summed E-state index contributed by atoms with van der Waals surface area (Å²) in [6, 6.07) is 7.75. The Morgan fingerprint density at radius 1 is 1.15 bits per heavy atom. The summed E-state index contributed by atoms with van der Waals surface area (Å²) in [5.74, 6) is 2.72. The molecule has 2 aromatic rings. The van der Waals surface area contributed by atoms with Crippen molar-refractivity contribution in [3.63, 3.8) is 0 Å². The average Bonchev–Trinajstić information content (AvgIpc) is 2.67. The minimum absolute atomic E-state index is 0.0394. The highest BCUT2D eigenvalue weighted by molar-refractivity contribution is 5.89. The van der Waals surface area contributed by atoms with Gasteiger partial charge >= 0.3 is 0 Å². The number of nitrogens with one attached hydrogen (secondary N) is 1. The number of benzene rings is 1. The lowest BCUT2D eigenvalue weighted by molar-refractivity contribution is -0.116. The summed E-state index contributed by atoms with van der Waals surface area (Å²) >= 11 is 0. The summed E-state index contributed by atoms with van der Waals surface area (Å²) in [5, 5.41) is 11.1. The predicted molar refractivity (Wildman–Crippen MR) is 99.9 cm³/mol. The SMILES string of the molecule is CCCC(=O)Nc1ccc(N2CCc3cc(OC)c(OC)cc3C2)nn1. The van der Waals surface area contributed by atoms with Crippen LogP contribution in [0, 0.1) is 0 Å². The van der Waals surface area contributed by atoms with Crippen molar-refractivity contribution in [2.45, 2.75) is 32.7 Å². The van der Waals surface area contributed by atoms with Gasteiger partial charge in [-0.25, -0.2) is 0 Å². The summed E-state index contributed by atoms with van der Waals surface area (Å²) in [6.45, 7) is 3.54. The Kier molecular flexibility index (Phi) is 5.55. The van der Waals surface area contributed by atoms with Gasteiger partial charge in [-0.1, -0.05) is 6.92 Å². The first-order valence-electron chi connectivity index (χ1n) is 8.77. The molecule has 1 aromatic heterocycles. The van der Waals surface area contributed by atoms with Crippen LogP contribution in [0.15, 0.2) is 24.3 Å². The molecule has 0 radical (unpaired) electrons. The zero-order valence-corrected chi connectivity index (χ0v) is 15.4. The van der Waals surface area contributed by atoms with Crippen molar-refractivity contribution in [2.75, 3.05) is 31.0 Å². The monoisotopic (exact) mass is 356 g/mol. The fourth-order valence-electron chi connectivity index (χ4n) is 3.07. The van der Waals surface area contributed by atoms with E-state index in [9.17, 15) is 4.79 Å². The number of ether oxygens (including phenoxy) is 2. The fourth-order valence-corrected chi connectivity index (χ4v) is 3.07. The second-order valence-corrected chi connectivity index (χ2v) is 6.22. The third-order valence-corrected chi connectivity index (χ3v) is 4.44. The highest BCUT2D eigenvalue weighted by atomic mass is 16.5. The van der Waals surface area contributed by atoms with Crippen LogP contribution in [-0.4, -0.2) is 36.9 Å². The van der Waals surface area contributed by atoms with Gasteiger partial charge in [-0.2, -0.15) is 0 Å². The van der Waals surface area contributed by atoms with Crippen molar-refractivity contribution in [3.05, 3.63) is 35.4 Å². The molecule has 1 N–H and O–H groups in total. The van der Waals surface area contributed by atoms with E-state index in [1.54, 1.807) is 20.3 Å². The molecule has 0 fully saturated rings. The maximum absolute atomic E-state index is 11.6. The van der Waals surface area contributed by atoms with Crippen LogP contribution in [0.25, 0.3) is 0 Å². The van der Waals surface area contributed by atoms with Crippen molar-refractivity contribution in [1.82, 2.24) is 10.2 Å². The Balaban J connectivity index is 1.73. The molecule has 0 saturated carbocycles. The van der Waals surface area contributed by atoms with Crippen LogP contribution >= 0.6 is 0 Å². The van der Waals surface area contributed by atoms with Crippen molar-refractivity contribution < 1.29 is 14.3 Å². The van der Waals surface area contributed by atoms with Crippen LogP contribution in [0.1, 0.15) is 30.9 Å². The van der Waals surface area contributed by atoms with Gasteiger partial charge in [-0.05, 0) is 48.2 Å². The van der Waals surface area contributed by atoms with E-state index < -0.39 is 0 Å². The number of carbonyl (C=O) groups excluding carboxylic acids is 1. The molecule has 0 spiro atoms. The molecule has 1 amide bonds. The maximum atomic E-state index is 11.6. The normalized spacial score (nSPS) is 13.1. The number of nitrogens with zero attached hydrogens (tertiary/aromatic N) is 3. The largest absolute Gasteiger partial charge is 0.493 e. The summed E-state index contributed by atoms with van der Waals surface area (Å²) in [6.07, 6.45) is 2.18. The Morgan fingerprint density at radius 2 is 1.88 bits per heavy atom. The lowest BCUT2D eigenvalue weighted by atomic mass is 9.99. The molecule has 26 heavy (non-hydrogen) atoms. The molecule has 0 atom stereocenters. The van der Waals surface area contributed by atoms with E-state index in [4.69, 9.17) is 9.47 Å². The zero-order chi connectivity index (χ0) is 18.5. The molecule has 1 aliphatic heterocycles. The molecule has 3 rings (SSSR count). The molecule has 2 heterocycles. The van der Waals surface area contributed by atoms with E-state index >= 15 is 0 Å². The van der Waals surface area contributed by atoms with Gasteiger partial charge < -0.3 is 19.7 Å². The van der Waals surface area contributed by atoms with Gasteiger partial charge in [-0.15, -0.1) is 10.2 Å². The topological polar surface area (TPSA) is 76.6 Å². The fraction of sp³-hybridized carbons (Fsp3) is 0.421. The van der Waals surface area contributed by atoms with Crippen LogP contribution in [0.4, 0.5) is 11.6 Å². The molecule has 7 heteroatoms. The van der Waals surface area contributed by atoms with E-state index in [1.165, 1.54) is 11.1 Å². The number of anilines is 2. The second-order valence-electron chi connectivity index (χ2n) is 6.22. The molecular formula is C19H24N4O3. The Hall–Kier alpha value is -2.83. The standard InChI is InChI=1S/C19H24N4O3/c1-4-5-19(24)20-17-6-7-18(22-21-17)23-9-8-13-10-15(25-2)16(26-3)11-14(13)12-23/h6-7,10-11H,4-5,8-9,12H2,1-3H3,(H,20,21,24). The third kappa shape index (κ3) is 3.87. The minimum Gasteiger partial charge on any atom is -0.493 e. The van der Waals surface area contributed by atoms with Crippen LogP contribution < -0.4 is 19.7 Å². The zero-order valence-electron chi connectivity index (χ0n) is 15.4. The first-order chi connectivity index (χ1) is 12.6. The number of aromatic nitrogens is 2. The molecule has 0 saturated heterocycles. The first kappa shape index (κ1) is 18.0. The van der Waals surface area contributed by atoms with Gasteiger partial charge in [0.1, 0.15) is 0 Å². The van der Waals surface area contributed by atoms with Gasteiger partial charge in [-0.3, -0.25) is 4.79 Å². The molecule has 138 valence electrons. The van der Waals surface area contributed by atoms with Gasteiger partial charge in [0.2, 0.25) is 5.91 Å². The number of fused-ring (bicyclic) bond motifs is 1. The Morgan fingerprint density at radius 3 is 2.50 bits per heavy atom. The third-order valence-electron chi connectivity index (χ3n) is 4.44. The van der Waals surface area contributed by atoms with E-state index in [0.29, 0.717) is 12.2 Å². The number of rotatable bonds is 6. The van der Waals surface area contributed by atoms with Crippen molar-refractivity contribution >= 4 is 17.5 Å². The number of hydrogen-bond donors (Lipinski definition) is 1. The molecule has 0 bridgehead atoms. The summed E-state index contributed by atoms with van der Waals surface area (Å²) in [4.78, 5) is 13.8. The molecule has 1 aliphatic rings. The highest BCUT2D eigenvalue weighted by Gasteiger charge is 2.20. The predicted octanol–water partition coefficient (Wildman–Crippen LogP) is 2.80. The van der Waals surface area contributed by atoms with Gasteiger partial charge in [0.15, 0.2) is 23.1 Å². The minimum atomic E-state index is -0.0394. The van der Waals surface area contributed by atoms with E-state index in [1.807, 2.05) is 25.1 Å². The van der Waals surface area contributed by atoms with E-state index in [2.05, 4.69) is 20.4 Å². The van der Waals surface area contributed by atoms with Crippen molar-refractivity contribution in [3.8, 4) is 11.5 Å².